The molecule has 0 bridgehead atoms. The third kappa shape index (κ3) is 3.68. The van der Waals surface area contributed by atoms with Crippen LogP contribution >= 0.6 is 0 Å². The summed E-state index contributed by atoms with van der Waals surface area (Å²) in [5, 5.41) is 18.6. The SMILES string of the molecule is CC(=O)NCCNc1ncnc(N2CCc3c([nH]c4ccccc34)C2)c1[N+](=O)[O-]. The Balaban J connectivity index is 1.60. The van der Waals surface area contributed by atoms with Crippen LogP contribution in [0.15, 0.2) is 30.6 Å². The molecule has 1 aromatic carbocycles. The summed E-state index contributed by atoms with van der Waals surface area (Å²) in [4.78, 5) is 35.9. The van der Waals surface area contributed by atoms with Gasteiger partial charge in [-0.15, -0.1) is 0 Å². The van der Waals surface area contributed by atoms with Gasteiger partial charge in [-0.1, -0.05) is 18.2 Å². The van der Waals surface area contributed by atoms with E-state index in [1.807, 2.05) is 23.1 Å². The standard InChI is InChI=1S/C19H21N7O3/c1-12(27)20-7-8-21-18-17(26(28)29)19(23-11-22-18)25-9-6-14-13-4-2-3-5-15(13)24-16(14)10-25/h2-5,11,24H,6-10H2,1H3,(H,20,27)(H,21,22,23). The number of H-pyrrole nitrogens is 1. The van der Waals surface area contributed by atoms with Gasteiger partial charge in [0, 0.05) is 43.2 Å². The molecule has 0 aliphatic carbocycles. The predicted molar refractivity (Wildman–Crippen MR) is 109 cm³/mol. The number of rotatable bonds is 6. The second kappa shape index (κ2) is 7.74. The van der Waals surface area contributed by atoms with Crippen LogP contribution in [0.3, 0.4) is 0 Å². The van der Waals surface area contributed by atoms with Crippen molar-refractivity contribution >= 4 is 34.1 Å². The molecule has 10 nitrogen and oxygen atoms in total. The summed E-state index contributed by atoms with van der Waals surface area (Å²) >= 11 is 0. The smallest absolute Gasteiger partial charge is 0.353 e. The number of nitrogens with one attached hydrogen (secondary N) is 3. The number of carbonyl (C=O) groups is 1. The molecule has 4 rings (SSSR count). The molecule has 0 saturated heterocycles. The van der Waals surface area contributed by atoms with Gasteiger partial charge >= 0.3 is 5.69 Å². The summed E-state index contributed by atoms with van der Waals surface area (Å²) in [5.74, 6) is 0.274. The number of carbonyl (C=O) groups excluding carboxylic acids is 1. The zero-order valence-electron chi connectivity index (χ0n) is 15.9. The molecule has 10 heteroatoms. The predicted octanol–water partition coefficient (Wildman–Crippen LogP) is 1.98. The Morgan fingerprint density at radius 1 is 1.31 bits per heavy atom. The van der Waals surface area contributed by atoms with Crippen molar-refractivity contribution in [3.8, 4) is 0 Å². The summed E-state index contributed by atoms with van der Waals surface area (Å²) in [5.41, 5.74) is 3.21. The van der Waals surface area contributed by atoms with E-state index in [1.54, 1.807) is 0 Å². The Bertz CT molecular complexity index is 1080. The van der Waals surface area contributed by atoms with Crippen molar-refractivity contribution in [2.75, 3.05) is 29.9 Å². The van der Waals surface area contributed by atoms with E-state index in [4.69, 9.17) is 0 Å². The molecule has 3 N–H and O–H groups in total. The highest BCUT2D eigenvalue weighted by molar-refractivity contribution is 5.85. The molecule has 0 radical (unpaired) electrons. The number of aromatic amines is 1. The molecule has 150 valence electrons. The highest BCUT2D eigenvalue weighted by Crippen LogP contribution is 2.35. The van der Waals surface area contributed by atoms with Gasteiger partial charge in [0.25, 0.3) is 0 Å². The van der Waals surface area contributed by atoms with Gasteiger partial charge in [0.2, 0.25) is 17.5 Å². The fraction of sp³-hybridized carbons (Fsp3) is 0.316. The second-order valence-corrected chi connectivity index (χ2v) is 6.86. The average Bonchev–Trinajstić information content (AvgIpc) is 3.08. The number of benzene rings is 1. The third-order valence-electron chi connectivity index (χ3n) is 4.96. The number of hydrogen-bond acceptors (Lipinski definition) is 7. The van der Waals surface area contributed by atoms with E-state index in [-0.39, 0.29) is 23.2 Å². The maximum absolute atomic E-state index is 11.8. The molecule has 3 heterocycles. The number of hydrogen-bond donors (Lipinski definition) is 3. The van der Waals surface area contributed by atoms with Gasteiger partial charge in [-0.05, 0) is 18.1 Å². The summed E-state index contributed by atoms with van der Waals surface area (Å²) in [6.07, 6.45) is 2.09. The van der Waals surface area contributed by atoms with E-state index in [0.717, 1.165) is 17.6 Å². The van der Waals surface area contributed by atoms with E-state index < -0.39 is 4.92 Å². The normalized spacial score (nSPS) is 13.2. The van der Waals surface area contributed by atoms with E-state index in [2.05, 4.69) is 31.7 Å². The Morgan fingerprint density at radius 2 is 2.14 bits per heavy atom. The molecule has 1 aliphatic rings. The molecule has 0 spiro atoms. The van der Waals surface area contributed by atoms with Crippen LogP contribution in [-0.2, 0) is 17.8 Å². The van der Waals surface area contributed by atoms with Crippen molar-refractivity contribution in [2.45, 2.75) is 19.9 Å². The lowest BCUT2D eigenvalue weighted by Crippen LogP contribution is -2.32. The van der Waals surface area contributed by atoms with Gasteiger partial charge in [-0.3, -0.25) is 14.9 Å². The zero-order chi connectivity index (χ0) is 20.4. The molecule has 1 aliphatic heterocycles. The number of fused-ring (bicyclic) bond motifs is 3. The van der Waals surface area contributed by atoms with Crippen LogP contribution in [0.1, 0.15) is 18.2 Å². The molecule has 0 fully saturated rings. The van der Waals surface area contributed by atoms with E-state index in [0.29, 0.717) is 26.2 Å². The molecule has 1 amide bonds. The number of para-hydroxylation sites is 1. The second-order valence-electron chi connectivity index (χ2n) is 6.86. The average molecular weight is 395 g/mol. The number of nitro groups is 1. The minimum Gasteiger partial charge on any atom is -0.362 e. The van der Waals surface area contributed by atoms with Gasteiger partial charge < -0.3 is 20.5 Å². The van der Waals surface area contributed by atoms with Crippen LogP contribution in [0.2, 0.25) is 0 Å². The first kappa shape index (κ1) is 18.7. The third-order valence-corrected chi connectivity index (χ3v) is 4.96. The van der Waals surface area contributed by atoms with Crippen LogP contribution < -0.4 is 15.5 Å². The summed E-state index contributed by atoms with van der Waals surface area (Å²) < 4.78 is 0. The summed E-state index contributed by atoms with van der Waals surface area (Å²) in [6, 6.07) is 8.11. The summed E-state index contributed by atoms with van der Waals surface area (Å²) in [6.45, 7) is 3.21. The Labute approximate surface area is 166 Å². The van der Waals surface area contributed by atoms with Crippen molar-refractivity contribution in [2.24, 2.45) is 0 Å². The quantitative estimate of drug-likeness (QED) is 0.331. The highest BCUT2D eigenvalue weighted by Gasteiger charge is 2.30. The van der Waals surface area contributed by atoms with E-state index in [9.17, 15) is 14.9 Å². The number of amides is 1. The lowest BCUT2D eigenvalue weighted by Gasteiger charge is -2.27. The first-order valence-corrected chi connectivity index (χ1v) is 9.35. The summed E-state index contributed by atoms with van der Waals surface area (Å²) in [7, 11) is 0. The largest absolute Gasteiger partial charge is 0.362 e. The monoisotopic (exact) mass is 395 g/mol. The lowest BCUT2D eigenvalue weighted by molar-refractivity contribution is -0.383. The van der Waals surface area contributed by atoms with Crippen LogP contribution in [0.5, 0.6) is 0 Å². The minimum absolute atomic E-state index is 0.146. The number of nitrogens with zero attached hydrogens (tertiary/aromatic N) is 4. The van der Waals surface area contributed by atoms with Gasteiger partial charge in [-0.2, -0.15) is 0 Å². The number of anilines is 2. The fourth-order valence-corrected chi connectivity index (χ4v) is 3.69. The molecular formula is C19H21N7O3. The maximum Gasteiger partial charge on any atom is 0.353 e. The highest BCUT2D eigenvalue weighted by atomic mass is 16.6. The van der Waals surface area contributed by atoms with E-state index in [1.165, 1.54) is 24.2 Å². The van der Waals surface area contributed by atoms with Crippen LogP contribution in [0.25, 0.3) is 10.9 Å². The number of aromatic nitrogens is 3. The molecular weight excluding hydrogens is 374 g/mol. The Morgan fingerprint density at radius 3 is 2.93 bits per heavy atom. The van der Waals surface area contributed by atoms with Gasteiger partial charge in [0.05, 0.1) is 11.5 Å². The molecule has 0 saturated carbocycles. The first-order chi connectivity index (χ1) is 14.0. The van der Waals surface area contributed by atoms with Gasteiger partial charge in [-0.25, -0.2) is 9.97 Å². The van der Waals surface area contributed by atoms with Crippen molar-refractivity contribution in [3.05, 3.63) is 52.0 Å². The molecule has 3 aromatic rings. The van der Waals surface area contributed by atoms with Crippen molar-refractivity contribution in [1.82, 2.24) is 20.3 Å². The van der Waals surface area contributed by atoms with Crippen LogP contribution in [0.4, 0.5) is 17.3 Å². The van der Waals surface area contributed by atoms with Gasteiger partial charge in [0.15, 0.2) is 0 Å². The fourth-order valence-electron chi connectivity index (χ4n) is 3.69. The first-order valence-electron chi connectivity index (χ1n) is 9.35. The van der Waals surface area contributed by atoms with Crippen LogP contribution in [0, 0.1) is 10.1 Å². The van der Waals surface area contributed by atoms with Crippen molar-refractivity contribution in [1.29, 1.82) is 0 Å². The van der Waals surface area contributed by atoms with Crippen molar-refractivity contribution < 1.29 is 9.72 Å². The van der Waals surface area contributed by atoms with Gasteiger partial charge in [0.1, 0.15) is 6.33 Å². The molecule has 0 unspecified atom stereocenters. The van der Waals surface area contributed by atoms with Crippen molar-refractivity contribution in [3.63, 3.8) is 0 Å². The van der Waals surface area contributed by atoms with Crippen LogP contribution in [-0.4, -0.2) is 45.4 Å². The maximum atomic E-state index is 11.8. The topological polar surface area (TPSA) is 129 Å². The Hall–Kier alpha value is -3.69. The minimum atomic E-state index is -0.462. The zero-order valence-corrected chi connectivity index (χ0v) is 15.9. The molecule has 2 aromatic heterocycles. The Kier molecular flexibility index (Phi) is 4.98. The molecule has 0 atom stereocenters. The lowest BCUT2D eigenvalue weighted by atomic mass is 10.0. The molecule has 29 heavy (non-hydrogen) atoms. The van der Waals surface area contributed by atoms with E-state index >= 15 is 0 Å².